The lowest BCUT2D eigenvalue weighted by atomic mass is 10.1. The molecule has 2 aromatic heterocycles. The molecule has 20 heavy (non-hydrogen) atoms. The third-order valence-corrected chi connectivity index (χ3v) is 3.26. The largest absolute Gasteiger partial charge is 0.395 e. The van der Waals surface area contributed by atoms with Crippen molar-refractivity contribution in [1.82, 2.24) is 19.7 Å². The number of nitrogens with zero attached hydrogens (tertiary/aromatic N) is 4. The molecular formula is C14H20N4O2. The first-order chi connectivity index (χ1) is 9.45. The fraction of sp³-hybridized carbons (Fsp3) is 0.500. The van der Waals surface area contributed by atoms with Crippen molar-refractivity contribution < 1.29 is 9.90 Å². The topological polar surface area (TPSA) is 71.2 Å². The van der Waals surface area contributed by atoms with Crippen LogP contribution in [0.5, 0.6) is 0 Å². The van der Waals surface area contributed by atoms with E-state index in [4.69, 9.17) is 5.11 Å². The van der Waals surface area contributed by atoms with Gasteiger partial charge in [-0.1, -0.05) is 0 Å². The van der Waals surface area contributed by atoms with Crippen molar-refractivity contribution in [3.05, 3.63) is 23.5 Å². The molecule has 0 atom stereocenters. The quantitative estimate of drug-likeness (QED) is 0.916. The molecule has 2 heterocycles. The van der Waals surface area contributed by atoms with Crippen molar-refractivity contribution >= 4 is 16.9 Å². The lowest BCUT2D eigenvalue weighted by Crippen LogP contribution is -2.30. The Bertz CT molecular complexity index is 633. The van der Waals surface area contributed by atoms with Gasteiger partial charge in [-0.2, -0.15) is 5.10 Å². The first-order valence-electron chi connectivity index (χ1n) is 6.67. The van der Waals surface area contributed by atoms with Crippen LogP contribution in [-0.2, 0) is 0 Å². The number of carbonyl (C=O) groups excluding carboxylic acids is 1. The fourth-order valence-corrected chi connectivity index (χ4v) is 2.12. The molecule has 0 bridgehead atoms. The van der Waals surface area contributed by atoms with Crippen molar-refractivity contribution in [2.24, 2.45) is 0 Å². The smallest absolute Gasteiger partial charge is 0.255 e. The third-order valence-electron chi connectivity index (χ3n) is 3.26. The Kier molecular flexibility index (Phi) is 4.04. The van der Waals surface area contributed by atoms with E-state index >= 15 is 0 Å². The van der Waals surface area contributed by atoms with Crippen LogP contribution < -0.4 is 0 Å². The van der Waals surface area contributed by atoms with Crippen LogP contribution in [0.15, 0.2) is 12.3 Å². The van der Waals surface area contributed by atoms with Gasteiger partial charge >= 0.3 is 0 Å². The zero-order chi connectivity index (χ0) is 14.9. The minimum absolute atomic E-state index is 0.0533. The molecule has 0 spiro atoms. The molecule has 2 aromatic rings. The summed E-state index contributed by atoms with van der Waals surface area (Å²) in [5, 5.41) is 14.1. The number of carbonyl (C=O) groups is 1. The zero-order valence-electron chi connectivity index (χ0n) is 12.3. The first-order valence-corrected chi connectivity index (χ1v) is 6.67. The van der Waals surface area contributed by atoms with Gasteiger partial charge in [-0.3, -0.25) is 4.79 Å². The van der Waals surface area contributed by atoms with E-state index in [-0.39, 0.29) is 18.6 Å². The monoisotopic (exact) mass is 276 g/mol. The molecule has 0 saturated heterocycles. The average Bonchev–Trinajstić information content (AvgIpc) is 2.80. The molecule has 108 valence electrons. The van der Waals surface area contributed by atoms with E-state index in [2.05, 4.69) is 10.1 Å². The normalized spacial score (nSPS) is 11.3. The van der Waals surface area contributed by atoms with E-state index in [0.29, 0.717) is 17.8 Å². The van der Waals surface area contributed by atoms with Gasteiger partial charge in [0, 0.05) is 25.0 Å². The predicted molar refractivity (Wildman–Crippen MR) is 76.7 cm³/mol. The summed E-state index contributed by atoms with van der Waals surface area (Å²) < 4.78 is 1.84. The lowest BCUT2D eigenvalue weighted by molar-refractivity contribution is 0.0766. The van der Waals surface area contributed by atoms with Gasteiger partial charge in [-0.25, -0.2) is 9.67 Å². The summed E-state index contributed by atoms with van der Waals surface area (Å²) >= 11 is 0. The summed E-state index contributed by atoms with van der Waals surface area (Å²) in [6.07, 6.45) is 1.73. The molecule has 0 unspecified atom stereocenters. The van der Waals surface area contributed by atoms with Crippen LogP contribution in [-0.4, -0.2) is 50.9 Å². The Morgan fingerprint density at radius 3 is 2.80 bits per heavy atom. The summed E-state index contributed by atoms with van der Waals surface area (Å²) in [5.74, 6) is -0.136. The van der Waals surface area contributed by atoms with Crippen molar-refractivity contribution in [2.75, 3.05) is 20.2 Å². The van der Waals surface area contributed by atoms with E-state index in [9.17, 15) is 4.79 Å². The van der Waals surface area contributed by atoms with Crippen molar-refractivity contribution in [3.63, 3.8) is 0 Å². The van der Waals surface area contributed by atoms with Gasteiger partial charge in [0.25, 0.3) is 5.91 Å². The Labute approximate surface area is 118 Å². The van der Waals surface area contributed by atoms with E-state index in [1.54, 1.807) is 13.2 Å². The number of aliphatic hydroxyl groups excluding tert-OH is 1. The second-order valence-corrected chi connectivity index (χ2v) is 5.17. The molecule has 2 rings (SSSR count). The Morgan fingerprint density at radius 2 is 2.20 bits per heavy atom. The number of likely N-dealkylation sites (N-methyl/N-ethyl adjacent to an activating group) is 1. The summed E-state index contributed by atoms with van der Waals surface area (Å²) in [4.78, 5) is 18.3. The summed E-state index contributed by atoms with van der Waals surface area (Å²) in [5.41, 5.74) is 2.02. The number of hydrogen-bond acceptors (Lipinski definition) is 4. The molecule has 6 nitrogen and oxygen atoms in total. The number of rotatable bonds is 4. The van der Waals surface area contributed by atoms with Crippen LogP contribution >= 0.6 is 0 Å². The molecule has 0 aliphatic carbocycles. The molecule has 1 N–H and O–H groups in total. The van der Waals surface area contributed by atoms with Crippen LogP contribution in [0.4, 0.5) is 0 Å². The second-order valence-electron chi connectivity index (χ2n) is 5.17. The highest BCUT2D eigenvalue weighted by atomic mass is 16.3. The van der Waals surface area contributed by atoms with Gasteiger partial charge in [0.1, 0.15) is 0 Å². The number of aryl methyl sites for hydroxylation is 1. The van der Waals surface area contributed by atoms with Crippen molar-refractivity contribution in [3.8, 4) is 0 Å². The number of fused-ring (bicyclic) bond motifs is 1. The van der Waals surface area contributed by atoms with Crippen LogP contribution in [0.2, 0.25) is 0 Å². The second kappa shape index (κ2) is 5.58. The van der Waals surface area contributed by atoms with E-state index < -0.39 is 0 Å². The van der Waals surface area contributed by atoms with Gasteiger partial charge < -0.3 is 10.0 Å². The predicted octanol–water partition coefficient (Wildman–Crippen LogP) is 1.38. The van der Waals surface area contributed by atoms with E-state index in [0.717, 1.165) is 11.0 Å². The Morgan fingerprint density at radius 1 is 1.50 bits per heavy atom. The van der Waals surface area contributed by atoms with E-state index in [1.165, 1.54) is 4.90 Å². The molecule has 0 saturated carbocycles. The first kappa shape index (κ1) is 14.5. The molecule has 0 radical (unpaired) electrons. The van der Waals surface area contributed by atoms with Crippen LogP contribution in [0.1, 0.15) is 35.9 Å². The highest BCUT2D eigenvalue weighted by Crippen LogP contribution is 2.20. The highest BCUT2D eigenvalue weighted by Gasteiger charge is 2.17. The SMILES string of the molecule is Cc1nc2c(cnn2C(C)C)cc1C(=O)N(C)CCO. The maximum absolute atomic E-state index is 12.3. The van der Waals surface area contributed by atoms with Gasteiger partial charge in [-0.15, -0.1) is 0 Å². The third kappa shape index (κ3) is 2.51. The molecule has 6 heteroatoms. The van der Waals surface area contributed by atoms with Crippen LogP contribution in [0.25, 0.3) is 11.0 Å². The fourth-order valence-electron chi connectivity index (χ4n) is 2.12. The number of amides is 1. The van der Waals surface area contributed by atoms with Gasteiger partial charge in [-0.05, 0) is 26.8 Å². The van der Waals surface area contributed by atoms with Gasteiger partial charge in [0.2, 0.25) is 0 Å². The molecular weight excluding hydrogens is 256 g/mol. The lowest BCUT2D eigenvalue weighted by Gasteiger charge is -2.17. The van der Waals surface area contributed by atoms with E-state index in [1.807, 2.05) is 31.5 Å². The van der Waals surface area contributed by atoms with Crippen molar-refractivity contribution in [2.45, 2.75) is 26.8 Å². The zero-order valence-corrected chi connectivity index (χ0v) is 12.3. The van der Waals surface area contributed by atoms with Crippen LogP contribution in [0.3, 0.4) is 0 Å². The molecule has 1 amide bonds. The van der Waals surface area contributed by atoms with Crippen LogP contribution in [0, 0.1) is 6.92 Å². The minimum Gasteiger partial charge on any atom is -0.395 e. The highest BCUT2D eigenvalue weighted by molar-refractivity contribution is 5.98. The number of pyridine rings is 1. The van der Waals surface area contributed by atoms with Gasteiger partial charge in [0.15, 0.2) is 5.65 Å². The molecule has 0 aliphatic rings. The Balaban J connectivity index is 2.46. The van der Waals surface area contributed by atoms with Crippen molar-refractivity contribution in [1.29, 1.82) is 0 Å². The number of aromatic nitrogens is 3. The number of hydrogen-bond donors (Lipinski definition) is 1. The Hall–Kier alpha value is -1.95. The summed E-state index contributed by atoms with van der Waals surface area (Å²) in [6.45, 7) is 6.15. The molecule has 0 fully saturated rings. The maximum atomic E-state index is 12.3. The minimum atomic E-state index is -0.136. The summed E-state index contributed by atoms with van der Waals surface area (Å²) in [6, 6.07) is 2.04. The summed E-state index contributed by atoms with van der Waals surface area (Å²) in [7, 11) is 1.67. The van der Waals surface area contributed by atoms with Gasteiger partial charge in [0.05, 0.1) is 24.1 Å². The number of aliphatic hydroxyl groups is 1. The average molecular weight is 276 g/mol. The molecule has 0 aliphatic heterocycles. The maximum Gasteiger partial charge on any atom is 0.255 e. The standard InChI is InChI=1S/C14H20N4O2/c1-9(2)18-13-11(8-15-18)7-12(10(3)16-13)14(20)17(4)5-6-19/h7-9,19H,5-6H2,1-4H3. The molecule has 0 aromatic carbocycles.